The molecule has 3 N–H and O–H groups in total. The SMILES string of the molecule is CC(C)(O)C#Cc1ccc(C(=O)NCc2n[nH]c3c2CCCCC3)o1. The molecule has 6 nitrogen and oxygen atoms in total. The maximum atomic E-state index is 12.2. The van der Waals surface area contributed by atoms with Crippen molar-refractivity contribution < 1.29 is 14.3 Å². The standard InChI is InChI=1S/C19H23N3O3/c1-19(2,24)11-10-13-8-9-17(25-13)18(23)20-12-16-14-6-4-3-5-7-15(14)21-22-16/h8-9,24H,3-7,12H2,1-2H3,(H,20,23)(H,21,22). The van der Waals surface area contributed by atoms with Crippen LogP contribution in [0.3, 0.4) is 0 Å². The summed E-state index contributed by atoms with van der Waals surface area (Å²) in [7, 11) is 0. The van der Waals surface area contributed by atoms with Crippen molar-refractivity contribution in [3.63, 3.8) is 0 Å². The predicted molar refractivity (Wildman–Crippen MR) is 92.9 cm³/mol. The van der Waals surface area contributed by atoms with Crippen LogP contribution in [-0.2, 0) is 19.4 Å². The van der Waals surface area contributed by atoms with E-state index < -0.39 is 5.60 Å². The van der Waals surface area contributed by atoms with E-state index in [0.717, 1.165) is 25.0 Å². The number of fused-ring (bicyclic) bond motifs is 1. The first-order valence-corrected chi connectivity index (χ1v) is 8.61. The summed E-state index contributed by atoms with van der Waals surface area (Å²) >= 11 is 0. The van der Waals surface area contributed by atoms with Crippen molar-refractivity contribution in [2.24, 2.45) is 0 Å². The molecule has 0 unspecified atom stereocenters. The third-order valence-electron chi connectivity index (χ3n) is 4.13. The van der Waals surface area contributed by atoms with E-state index in [2.05, 4.69) is 27.4 Å². The molecule has 2 aromatic heterocycles. The van der Waals surface area contributed by atoms with Gasteiger partial charge in [0.25, 0.3) is 5.91 Å². The van der Waals surface area contributed by atoms with Crippen molar-refractivity contribution in [3.05, 3.63) is 40.6 Å². The van der Waals surface area contributed by atoms with Gasteiger partial charge < -0.3 is 14.8 Å². The minimum absolute atomic E-state index is 0.196. The van der Waals surface area contributed by atoms with E-state index in [1.165, 1.54) is 24.1 Å². The Morgan fingerprint density at radius 2 is 2.16 bits per heavy atom. The summed E-state index contributed by atoms with van der Waals surface area (Å²) in [5.74, 6) is 5.60. The van der Waals surface area contributed by atoms with Crippen LogP contribution >= 0.6 is 0 Å². The van der Waals surface area contributed by atoms with Gasteiger partial charge in [0.1, 0.15) is 5.60 Å². The van der Waals surface area contributed by atoms with Crippen molar-refractivity contribution >= 4 is 5.91 Å². The second kappa shape index (κ2) is 7.16. The summed E-state index contributed by atoms with van der Waals surface area (Å²) in [5, 5.41) is 19.9. The van der Waals surface area contributed by atoms with E-state index in [9.17, 15) is 9.90 Å². The van der Waals surface area contributed by atoms with E-state index in [-0.39, 0.29) is 11.7 Å². The van der Waals surface area contributed by atoms with E-state index in [1.807, 2.05) is 0 Å². The fourth-order valence-electron chi connectivity index (χ4n) is 2.87. The van der Waals surface area contributed by atoms with Gasteiger partial charge in [0.15, 0.2) is 11.5 Å². The Bertz CT molecular complexity index is 815. The Balaban J connectivity index is 1.63. The molecule has 0 fully saturated rings. The molecule has 3 rings (SSSR count). The predicted octanol–water partition coefficient (Wildman–Crippen LogP) is 2.32. The van der Waals surface area contributed by atoms with E-state index >= 15 is 0 Å². The van der Waals surface area contributed by atoms with Gasteiger partial charge in [0.05, 0.1) is 12.2 Å². The lowest BCUT2D eigenvalue weighted by Crippen LogP contribution is -2.23. The molecule has 0 saturated heterocycles. The smallest absolute Gasteiger partial charge is 0.287 e. The maximum absolute atomic E-state index is 12.2. The molecule has 2 heterocycles. The quantitative estimate of drug-likeness (QED) is 0.590. The monoisotopic (exact) mass is 341 g/mol. The summed E-state index contributed by atoms with van der Waals surface area (Å²) in [6.45, 7) is 3.54. The molecule has 6 heteroatoms. The second-order valence-corrected chi connectivity index (χ2v) is 6.84. The average Bonchev–Trinajstić information content (AvgIpc) is 3.11. The fraction of sp³-hybridized carbons (Fsp3) is 0.474. The first kappa shape index (κ1) is 17.3. The molecule has 1 aliphatic carbocycles. The highest BCUT2D eigenvalue weighted by Gasteiger charge is 2.17. The number of aromatic amines is 1. The van der Waals surface area contributed by atoms with Crippen LogP contribution in [-0.4, -0.2) is 26.8 Å². The van der Waals surface area contributed by atoms with Crippen molar-refractivity contribution in [3.8, 4) is 11.8 Å². The number of furan rings is 1. The zero-order valence-corrected chi connectivity index (χ0v) is 14.6. The number of nitrogens with one attached hydrogen (secondary N) is 2. The first-order valence-electron chi connectivity index (χ1n) is 8.61. The fourth-order valence-corrected chi connectivity index (χ4v) is 2.87. The van der Waals surface area contributed by atoms with Gasteiger partial charge in [-0.3, -0.25) is 9.89 Å². The Hall–Kier alpha value is -2.52. The van der Waals surface area contributed by atoms with Gasteiger partial charge in [0, 0.05) is 5.69 Å². The number of rotatable bonds is 3. The number of hydrogen-bond donors (Lipinski definition) is 3. The van der Waals surface area contributed by atoms with Crippen LogP contribution in [0.1, 0.15) is 66.4 Å². The number of aryl methyl sites for hydroxylation is 1. The van der Waals surface area contributed by atoms with Crippen LogP contribution in [0.2, 0.25) is 0 Å². The van der Waals surface area contributed by atoms with Gasteiger partial charge in [-0.05, 0) is 63.1 Å². The molecular formula is C19H23N3O3. The number of nitrogens with zero attached hydrogens (tertiary/aromatic N) is 1. The topological polar surface area (TPSA) is 91.1 Å². The number of aliphatic hydroxyl groups is 1. The molecule has 132 valence electrons. The molecule has 0 bridgehead atoms. The number of hydrogen-bond acceptors (Lipinski definition) is 4. The first-order chi connectivity index (χ1) is 11.9. The van der Waals surface area contributed by atoms with Crippen LogP contribution < -0.4 is 5.32 Å². The summed E-state index contributed by atoms with van der Waals surface area (Å²) in [6.07, 6.45) is 5.61. The highest BCUT2D eigenvalue weighted by molar-refractivity contribution is 5.91. The van der Waals surface area contributed by atoms with Crippen LogP contribution in [0.15, 0.2) is 16.5 Å². The number of carbonyl (C=O) groups excluding carboxylic acids is 1. The van der Waals surface area contributed by atoms with E-state index in [1.54, 1.807) is 26.0 Å². The van der Waals surface area contributed by atoms with Gasteiger partial charge >= 0.3 is 0 Å². The molecule has 0 radical (unpaired) electrons. The largest absolute Gasteiger partial charge is 0.443 e. The van der Waals surface area contributed by atoms with Gasteiger partial charge in [-0.15, -0.1) is 0 Å². The third-order valence-corrected chi connectivity index (χ3v) is 4.13. The highest BCUT2D eigenvalue weighted by atomic mass is 16.3. The minimum atomic E-state index is -1.10. The summed E-state index contributed by atoms with van der Waals surface area (Å²) < 4.78 is 5.42. The average molecular weight is 341 g/mol. The van der Waals surface area contributed by atoms with E-state index in [4.69, 9.17) is 4.42 Å². The third kappa shape index (κ3) is 4.52. The number of amides is 1. The molecule has 0 spiro atoms. The highest BCUT2D eigenvalue weighted by Crippen LogP contribution is 2.21. The van der Waals surface area contributed by atoms with Gasteiger partial charge in [0.2, 0.25) is 0 Å². The zero-order valence-electron chi connectivity index (χ0n) is 14.6. The van der Waals surface area contributed by atoms with Gasteiger partial charge in [-0.1, -0.05) is 12.3 Å². The molecule has 0 aromatic carbocycles. The normalized spacial score (nSPS) is 14.2. The van der Waals surface area contributed by atoms with Crippen LogP contribution in [0.4, 0.5) is 0 Å². The van der Waals surface area contributed by atoms with Crippen molar-refractivity contribution in [2.75, 3.05) is 0 Å². The summed E-state index contributed by atoms with van der Waals surface area (Å²) in [5.41, 5.74) is 2.24. The Labute approximate surface area is 147 Å². The number of carbonyl (C=O) groups is 1. The van der Waals surface area contributed by atoms with Crippen LogP contribution in [0.5, 0.6) is 0 Å². The maximum Gasteiger partial charge on any atom is 0.287 e. The summed E-state index contributed by atoms with van der Waals surface area (Å²) in [4.78, 5) is 12.2. The molecule has 25 heavy (non-hydrogen) atoms. The lowest BCUT2D eigenvalue weighted by Gasteiger charge is -2.05. The van der Waals surface area contributed by atoms with Gasteiger partial charge in [-0.2, -0.15) is 5.10 Å². The molecule has 1 aliphatic rings. The Kier molecular flexibility index (Phi) is 4.95. The lowest BCUT2D eigenvalue weighted by atomic mass is 10.1. The van der Waals surface area contributed by atoms with Crippen LogP contribution in [0.25, 0.3) is 0 Å². The summed E-state index contributed by atoms with van der Waals surface area (Å²) in [6, 6.07) is 3.20. The van der Waals surface area contributed by atoms with Crippen molar-refractivity contribution in [2.45, 2.75) is 58.1 Å². The number of aromatic nitrogens is 2. The van der Waals surface area contributed by atoms with E-state index in [0.29, 0.717) is 12.3 Å². The van der Waals surface area contributed by atoms with Crippen molar-refractivity contribution in [1.82, 2.24) is 15.5 Å². The molecule has 0 saturated carbocycles. The van der Waals surface area contributed by atoms with Crippen molar-refractivity contribution in [1.29, 1.82) is 0 Å². The minimum Gasteiger partial charge on any atom is -0.443 e. The van der Waals surface area contributed by atoms with Crippen LogP contribution in [0, 0.1) is 11.8 Å². The zero-order chi connectivity index (χ0) is 17.9. The number of H-pyrrole nitrogens is 1. The molecule has 1 amide bonds. The molecule has 2 aromatic rings. The lowest BCUT2D eigenvalue weighted by molar-refractivity contribution is 0.0922. The Morgan fingerprint density at radius 1 is 1.36 bits per heavy atom. The molecule has 0 aliphatic heterocycles. The van der Waals surface area contributed by atoms with Gasteiger partial charge in [-0.25, -0.2) is 0 Å². The molecular weight excluding hydrogens is 318 g/mol. The second-order valence-electron chi connectivity index (χ2n) is 6.84. The molecule has 0 atom stereocenters. The Morgan fingerprint density at radius 3 is 2.96 bits per heavy atom.